The second-order valence-electron chi connectivity index (χ2n) is 1.34. The van der Waals surface area contributed by atoms with Crippen LogP contribution in [-0.2, 0) is 31.2 Å². The van der Waals surface area contributed by atoms with Gasteiger partial charge in [-0.25, -0.2) is 0 Å². The first kappa shape index (κ1) is 42.7. The van der Waals surface area contributed by atoms with Crippen molar-refractivity contribution in [3.63, 3.8) is 0 Å². The van der Waals surface area contributed by atoms with E-state index in [9.17, 15) is 0 Å². The molecule has 0 radical (unpaired) electrons. The maximum absolute atomic E-state index is 8.74. The SMILES string of the molecule is O.O.O=S(=O)(O)O.O=S(=O)(O)O.O=S(=O)(O)O.[AlH3].[AlH3]. The first-order chi connectivity index (χ1) is 6.00. The molecule has 0 aromatic carbocycles. The molecule has 0 aliphatic carbocycles. The smallest absolute Gasteiger partial charge is 0.394 e. The minimum absolute atomic E-state index is 0. The summed E-state index contributed by atoms with van der Waals surface area (Å²) in [6.07, 6.45) is 0. The molecule has 10 N–H and O–H groups in total. The third-order valence-corrected chi connectivity index (χ3v) is 0. The third kappa shape index (κ3) is 14500. The molecule has 0 aliphatic heterocycles. The van der Waals surface area contributed by atoms with Gasteiger partial charge in [-0.3, -0.25) is 27.3 Å². The van der Waals surface area contributed by atoms with Crippen LogP contribution in [0.3, 0.4) is 0 Å². The van der Waals surface area contributed by atoms with Crippen molar-refractivity contribution in [2.24, 2.45) is 0 Å². The molecule has 0 unspecified atom stereocenters. The first-order valence-electron chi connectivity index (χ1n) is 2.10. The van der Waals surface area contributed by atoms with Crippen molar-refractivity contribution in [1.29, 1.82) is 0 Å². The van der Waals surface area contributed by atoms with Gasteiger partial charge in [-0.1, -0.05) is 0 Å². The fourth-order valence-electron chi connectivity index (χ4n) is 0. The van der Waals surface area contributed by atoms with Crippen molar-refractivity contribution < 1.29 is 63.5 Å². The summed E-state index contributed by atoms with van der Waals surface area (Å²) in [5.74, 6) is 0. The van der Waals surface area contributed by atoms with Crippen LogP contribution in [0.2, 0.25) is 0 Å². The second kappa shape index (κ2) is 16.6. The number of hydrogen-bond donors (Lipinski definition) is 6. The Balaban J connectivity index is -0.0000000206. The zero-order valence-corrected chi connectivity index (χ0v) is 9.81. The van der Waals surface area contributed by atoms with E-state index in [1.807, 2.05) is 0 Å². The van der Waals surface area contributed by atoms with Crippen LogP contribution in [0, 0.1) is 0 Å². The lowest BCUT2D eigenvalue weighted by Crippen LogP contribution is -1.89. The van der Waals surface area contributed by atoms with E-state index < -0.39 is 31.2 Å². The molecule has 0 rings (SSSR count). The predicted molar refractivity (Wildman–Crippen MR) is 69.6 cm³/mol. The Hall–Kier alpha value is 0.595. The van der Waals surface area contributed by atoms with E-state index in [4.69, 9.17) is 52.6 Å². The second-order valence-corrected chi connectivity index (χ2v) is 4.03. The van der Waals surface area contributed by atoms with Gasteiger partial charge < -0.3 is 11.0 Å². The van der Waals surface area contributed by atoms with Crippen LogP contribution >= 0.6 is 0 Å². The summed E-state index contributed by atoms with van der Waals surface area (Å²) in [5.41, 5.74) is 0. The minimum atomic E-state index is -4.67. The number of hydrogen-bond acceptors (Lipinski definition) is 6. The van der Waals surface area contributed by atoms with Gasteiger partial charge in [-0.2, -0.15) is 25.3 Å². The van der Waals surface area contributed by atoms with Crippen molar-refractivity contribution in [2.75, 3.05) is 0 Å². The van der Waals surface area contributed by atoms with Gasteiger partial charge in [0.1, 0.15) is 0 Å². The van der Waals surface area contributed by atoms with Gasteiger partial charge in [0.25, 0.3) is 0 Å². The molecular weight excluding hydrogens is 374 g/mol. The van der Waals surface area contributed by atoms with Crippen LogP contribution in [0.15, 0.2) is 0 Å². The summed E-state index contributed by atoms with van der Waals surface area (Å²) in [6.45, 7) is 0. The van der Waals surface area contributed by atoms with Crippen LogP contribution in [0.1, 0.15) is 0 Å². The summed E-state index contributed by atoms with van der Waals surface area (Å²) < 4.78 is 94.8. The predicted octanol–water partition coefficient (Wildman–Crippen LogP) is -5.98. The minimum Gasteiger partial charge on any atom is -0.412 e. The van der Waals surface area contributed by atoms with Crippen LogP contribution in [-0.4, -0.2) is 98.2 Å². The third-order valence-electron chi connectivity index (χ3n) is 0. The molecule has 0 saturated carbocycles. The quantitative estimate of drug-likeness (QED) is 0.166. The molecule has 0 atom stereocenters. The maximum atomic E-state index is 8.74. The monoisotopic (exact) mass is 390 g/mol. The van der Waals surface area contributed by atoms with Gasteiger partial charge in [-0.05, 0) is 0 Å². The van der Waals surface area contributed by atoms with Gasteiger partial charge in [0.15, 0.2) is 34.7 Å². The van der Waals surface area contributed by atoms with Crippen molar-refractivity contribution in [1.82, 2.24) is 0 Å². The molecule has 0 bridgehead atoms. The van der Waals surface area contributed by atoms with E-state index in [-0.39, 0.29) is 45.7 Å². The van der Waals surface area contributed by atoms with Crippen LogP contribution in [0.5, 0.6) is 0 Å². The average Bonchev–Trinajstić information content (AvgIpc) is 1.41. The standard InChI is InChI=1S/2Al.3H2O4S.2H2O.6H/c;;3*1-5(2,3)4;;;;;;;;/h;;3*(H2,1,2,3,4);2*1H2;;;;;;. The highest BCUT2D eigenvalue weighted by Gasteiger charge is 1.85. The zero-order chi connectivity index (χ0) is 13.5. The summed E-state index contributed by atoms with van der Waals surface area (Å²) in [7, 11) is -14.0. The van der Waals surface area contributed by atoms with Crippen LogP contribution < -0.4 is 0 Å². The highest BCUT2D eigenvalue weighted by molar-refractivity contribution is 7.80. The summed E-state index contributed by atoms with van der Waals surface area (Å²) in [5, 5.41) is 0. The Labute approximate surface area is 129 Å². The van der Waals surface area contributed by atoms with E-state index in [2.05, 4.69) is 0 Å². The largest absolute Gasteiger partial charge is 0.412 e. The van der Waals surface area contributed by atoms with E-state index in [0.29, 0.717) is 0 Å². The fourth-order valence-corrected chi connectivity index (χ4v) is 0. The Kier molecular flexibility index (Phi) is 37.4. The van der Waals surface area contributed by atoms with Crippen LogP contribution in [0.25, 0.3) is 0 Å². The lowest BCUT2D eigenvalue weighted by Gasteiger charge is -1.68. The maximum Gasteiger partial charge on any atom is 0.394 e. The molecule has 0 amide bonds. The zero-order valence-electron chi connectivity index (χ0n) is 7.36. The Morgan fingerprint density at radius 2 is 0.421 bits per heavy atom. The van der Waals surface area contributed by atoms with Gasteiger partial charge in [-0.15, -0.1) is 0 Å². The lowest BCUT2D eigenvalue weighted by molar-refractivity contribution is 0.378. The van der Waals surface area contributed by atoms with Crippen LogP contribution in [0.4, 0.5) is 0 Å². The Bertz CT molecular complexity index is 342. The highest BCUT2D eigenvalue weighted by atomic mass is 32.3. The molecule has 0 aromatic heterocycles. The molecule has 0 aromatic rings. The van der Waals surface area contributed by atoms with E-state index in [1.165, 1.54) is 0 Å². The molecule has 0 heterocycles. The van der Waals surface area contributed by atoms with Gasteiger partial charge >= 0.3 is 31.2 Å². The fraction of sp³-hybridized carbons (Fsp3) is 0. The van der Waals surface area contributed by atoms with Gasteiger partial charge in [0.2, 0.25) is 0 Å². The molecule has 0 spiro atoms. The summed E-state index contributed by atoms with van der Waals surface area (Å²) in [4.78, 5) is 0. The molecule has 19 heteroatoms. The summed E-state index contributed by atoms with van der Waals surface area (Å²) >= 11 is 0. The summed E-state index contributed by atoms with van der Waals surface area (Å²) in [6, 6.07) is 0. The van der Waals surface area contributed by atoms with Crippen molar-refractivity contribution in [3.05, 3.63) is 0 Å². The molecule has 124 valence electrons. The molecule has 0 aliphatic rings. The molecular formula is H16Al2O14S3. The topological polar surface area (TPSA) is 287 Å². The van der Waals surface area contributed by atoms with E-state index in [0.717, 1.165) is 0 Å². The van der Waals surface area contributed by atoms with Gasteiger partial charge in [0.05, 0.1) is 0 Å². The Morgan fingerprint density at radius 1 is 0.421 bits per heavy atom. The molecule has 19 heavy (non-hydrogen) atoms. The van der Waals surface area contributed by atoms with E-state index >= 15 is 0 Å². The van der Waals surface area contributed by atoms with Gasteiger partial charge in [0, 0.05) is 0 Å². The molecule has 0 fully saturated rings. The average molecular weight is 390 g/mol. The van der Waals surface area contributed by atoms with E-state index in [1.54, 1.807) is 0 Å². The normalized spacial score (nSPS) is 9.16. The number of rotatable bonds is 0. The molecule has 0 saturated heterocycles. The van der Waals surface area contributed by atoms with Crippen molar-refractivity contribution in [3.8, 4) is 0 Å². The first-order valence-corrected chi connectivity index (χ1v) is 6.29. The molecule has 14 nitrogen and oxygen atoms in total. The lowest BCUT2D eigenvalue weighted by atomic mass is 15.8. The Morgan fingerprint density at radius 3 is 0.421 bits per heavy atom. The van der Waals surface area contributed by atoms with Crippen molar-refractivity contribution in [2.45, 2.75) is 0 Å². The van der Waals surface area contributed by atoms with Crippen molar-refractivity contribution >= 4 is 65.9 Å². The highest BCUT2D eigenvalue weighted by Crippen LogP contribution is 1.60.